The Balaban J connectivity index is 2.02. The van der Waals surface area contributed by atoms with Crippen LogP contribution in [0.25, 0.3) is 0 Å². The number of ether oxygens (including phenoxy) is 2. The molecule has 0 bridgehead atoms. The van der Waals surface area contributed by atoms with Crippen molar-refractivity contribution in [1.29, 1.82) is 0 Å². The molecule has 5 heteroatoms. The van der Waals surface area contributed by atoms with Crippen LogP contribution in [0.5, 0.6) is 17.2 Å². The Hall–Kier alpha value is -2.69. The molecule has 0 saturated carbocycles. The van der Waals surface area contributed by atoms with E-state index in [4.69, 9.17) is 9.47 Å². The summed E-state index contributed by atoms with van der Waals surface area (Å²) in [6, 6.07) is 14.5. The predicted octanol–water partition coefficient (Wildman–Crippen LogP) is 3.97. The number of amides is 2. The van der Waals surface area contributed by atoms with E-state index in [2.05, 4.69) is 5.32 Å². The average molecular weight is 300 g/mol. The first-order valence-electron chi connectivity index (χ1n) is 7.07. The van der Waals surface area contributed by atoms with E-state index in [9.17, 15) is 4.79 Å². The molecular formula is C17H20N2O3. The fraction of sp³-hybridized carbons (Fsp3) is 0.235. The Bertz CT molecular complexity index is 624. The third-order valence-corrected chi connectivity index (χ3v) is 2.86. The summed E-state index contributed by atoms with van der Waals surface area (Å²) in [6.45, 7) is 2.55. The summed E-state index contributed by atoms with van der Waals surface area (Å²) in [5.74, 6) is 2.17. The van der Waals surface area contributed by atoms with Crippen molar-refractivity contribution in [2.75, 3.05) is 26.0 Å². The molecule has 2 aromatic carbocycles. The summed E-state index contributed by atoms with van der Waals surface area (Å²) >= 11 is 0. The monoisotopic (exact) mass is 300 g/mol. The Morgan fingerprint density at radius 3 is 2.36 bits per heavy atom. The van der Waals surface area contributed by atoms with Crippen molar-refractivity contribution in [3.05, 3.63) is 48.5 Å². The van der Waals surface area contributed by atoms with Crippen LogP contribution < -0.4 is 14.8 Å². The van der Waals surface area contributed by atoms with Gasteiger partial charge in [0.25, 0.3) is 0 Å². The SMILES string of the molecule is CCOc1cccc(Oc2ccc(NC(=O)N(C)C)cc2)c1. The smallest absolute Gasteiger partial charge is 0.321 e. The minimum atomic E-state index is -0.168. The van der Waals surface area contributed by atoms with Crippen molar-refractivity contribution in [3.63, 3.8) is 0 Å². The number of benzene rings is 2. The number of hydrogen-bond donors (Lipinski definition) is 1. The molecule has 2 aromatic rings. The van der Waals surface area contributed by atoms with Gasteiger partial charge in [-0.15, -0.1) is 0 Å². The molecule has 0 aliphatic carbocycles. The molecule has 0 aliphatic heterocycles. The van der Waals surface area contributed by atoms with Gasteiger partial charge in [0.1, 0.15) is 17.2 Å². The van der Waals surface area contributed by atoms with E-state index in [-0.39, 0.29) is 6.03 Å². The van der Waals surface area contributed by atoms with Crippen LogP contribution in [0.3, 0.4) is 0 Å². The van der Waals surface area contributed by atoms with Gasteiger partial charge in [-0.25, -0.2) is 4.79 Å². The van der Waals surface area contributed by atoms with E-state index in [0.717, 1.165) is 5.75 Å². The fourth-order valence-corrected chi connectivity index (χ4v) is 1.77. The Labute approximate surface area is 130 Å². The Morgan fingerprint density at radius 2 is 1.73 bits per heavy atom. The molecule has 0 fully saturated rings. The second-order valence-corrected chi connectivity index (χ2v) is 4.86. The summed E-state index contributed by atoms with van der Waals surface area (Å²) in [7, 11) is 3.39. The lowest BCUT2D eigenvalue weighted by molar-refractivity contribution is 0.230. The topological polar surface area (TPSA) is 50.8 Å². The van der Waals surface area contributed by atoms with Crippen molar-refractivity contribution in [3.8, 4) is 17.2 Å². The molecule has 5 nitrogen and oxygen atoms in total. The molecule has 0 atom stereocenters. The highest BCUT2D eigenvalue weighted by molar-refractivity contribution is 5.88. The maximum Gasteiger partial charge on any atom is 0.321 e. The number of urea groups is 1. The third kappa shape index (κ3) is 4.41. The highest BCUT2D eigenvalue weighted by Crippen LogP contribution is 2.26. The van der Waals surface area contributed by atoms with E-state index in [1.165, 1.54) is 4.90 Å². The van der Waals surface area contributed by atoms with Crippen molar-refractivity contribution in [2.24, 2.45) is 0 Å². The summed E-state index contributed by atoms with van der Waals surface area (Å²) in [5, 5.41) is 2.77. The van der Waals surface area contributed by atoms with E-state index in [1.807, 2.05) is 31.2 Å². The Morgan fingerprint density at radius 1 is 1.05 bits per heavy atom. The standard InChI is InChI=1S/C17H20N2O3/c1-4-21-15-6-5-7-16(12-15)22-14-10-8-13(9-11-14)18-17(20)19(2)3/h5-12H,4H2,1-3H3,(H,18,20). The first kappa shape index (κ1) is 15.7. The van der Waals surface area contributed by atoms with Gasteiger partial charge < -0.3 is 19.7 Å². The second kappa shape index (κ2) is 7.36. The van der Waals surface area contributed by atoms with Crippen LogP contribution in [0, 0.1) is 0 Å². The van der Waals surface area contributed by atoms with Crippen LogP contribution in [0.1, 0.15) is 6.92 Å². The van der Waals surface area contributed by atoms with Crippen LogP contribution in [0.2, 0.25) is 0 Å². The maximum absolute atomic E-state index is 11.6. The minimum Gasteiger partial charge on any atom is -0.494 e. The molecule has 0 unspecified atom stereocenters. The summed E-state index contributed by atoms with van der Waals surface area (Å²) in [6.07, 6.45) is 0. The molecule has 2 rings (SSSR count). The fourth-order valence-electron chi connectivity index (χ4n) is 1.77. The maximum atomic E-state index is 11.6. The molecule has 1 N–H and O–H groups in total. The van der Waals surface area contributed by atoms with Gasteiger partial charge in [0, 0.05) is 25.8 Å². The normalized spacial score (nSPS) is 9.95. The van der Waals surface area contributed by atoms with Gasteiger partial charge in [-0.05, 0) is 43.3 Å². The van der Waals surface area contributed by atoms with Crippen LogP contribution in [-0.2, 0) is 0 Å². The molecule has 116 valence electrons. The first-order valence-corrected chi connectivity index (χ1v) is 7.07. The number of nitrogens with one attached hydrogen (secondary N) is 1. The average Bonchev–Trinajstić information content (AvgIpc) is 2.50. The lowest BCUT2D eigenvalue weighted by Gasteiger charge is -2.12. The molecule has 0 aliphatic rings. The van der Waals surface area contributed by atoms with E-state index in [1.54, 1.807) is 38.4 Å². The molecule has 0 radical (unpaired) electrons. The summed E-state index contributed by atoms with van der Waals surface area (Å²) in [5.41, 5.74) is 0.717. The molecule has 0 spiro atoms. The summed E-state index contributed by atoms with van der Waals surface area (Å²) < 4.78 is 11.2. The molecule has 0 saturated heterocycles. The van der Waals surface area contributed by atoms with E-state index in [0.29, 0.717) is 23.8 Å². The zero-order valence-electron chi connectivity index (χ0n) is 13.0. The van der Waals surface area contributed by atoms with Crippen molar-refractivity contribution >= 4 is 11.7 Å². The van der Waals surface area contributed by atoms with E-state index < -0.39 is 0 Å². The highest BCUT2D eigenvalue weighted by atomic mass is 16.5. The Kier molecular flexibility index (Phi) is 5.25. The van der Waals surface area contributed by atoms with Gasteiger partial charge in [0.2, 0.25) is 0 Å². The second-order valence-electron chi connectivity index (χ2n) is 4.86. The number of rotatable bonds is 5. The van der Waals surface area contributed by atoms with E-state index >= 15 is 0 Å². The van der Waals surface area contributed by atoms with Crippen LogP contribution >= 0.6 is 0 Å². The largest absolute Gasteiger partial charge is 0.494 e. The van der Waals surface area contributed by atoms with Gasteiger partial charge in [0.05, 0.1) is 6.61 Å². The molecule has 2 amide bonds. The number of nitrogens with zero attached hydrogens (tertiary/aromatic N) is 1. The number of carbonyl (C=O) groups excluding carboxylic acids is 1. The molecular weight excluding hydrogens is 280 g/mol. The predicted molar refractivity (Wildman–Crippen MR) is 86.8 cm³/mol. The van der Waals surface area contributed by atoms with Gasteiger partial charge in [-0.2, -0.15) is 0 Å². The number of anilines is 1. The lowest BCUT2D eigenvalue weighted by Crippen LogP contribution is -2.27. The zero-order chi connectivity index (χ0) is 15.9. The minimum absolute atomic E-state index is 0.168. The molecule has 0 aromatic heterocycles. The lowest BCUT2D eigenvalue weighted by atomic mass is 10.3. The van der Waals surface area contributed by atoms with Crippen molar-refractivity contribution in [2.45, 2.75) is 6.92 Å². The third-order valence-electron chi connectivity index (χ3n) is 2.86. The van der Waals surface area contributed by atoms with Gasteiger partial charge in [-0.3, -0.25) is 0 Å². The van der Waals surface area contributed by atoms with Gasteiger partial charge in [-0.1, -0.05) is 6.07 Å². The zero-order valence-corrected chi connectivity index (χ0v) is 13.0. The highest BCUT2D eigenvalue weighted by Gasteiger charge is 2.04. The molecule has 22 heavy (non-hydrogen) atoms. The van der Waals surface area contributed by atoms with Crippen LogP contribution in [-0.4, -0.2) is 31.6 Å². The quantitative estimate of drug-likeness (QED) is 0.909. The van der Waals surface area contributed by atoms with Crippen LogP contribution in [0.4, 0.5) is 10.5 Å². The van der Waals surface area contributed by atoms with Crippen molar-refractivity contribution < 1.29 is 14.3 Å². The summed E-state index contributed by atoms with van der Waals surface area (Å²) in [4.78, 5) is 13.0. The number of hydrogen-bond acceptors (Lipinski definition) is 3. The van der Waals surface area contributed by atoms with Gasteiger partial charge >= 0.3 is 6.03 Å². The van der Waals surface area contributed by atoms with Gasteiger partial charge in [0.15, 0.2) is 0 Å². The number of carbonyl (C=O) groups is 1. The van der Waals surface area contributed by atoms with Crippen LogP contribution in [0.15, 0.2) is 48.5 Å². The van der Waals surface area contributed by atoms with Crippen molar-refractivity contribution in [1.82, 2.24) is 4.90 Å². The first-order chi connectivity index (χ1) is 10.6. The molecule has 0 heterocycles.